The Kier molecular flexibility index (Phi) is 5.44. The number of carbonyl (C=O) groups is 1. The van der Waals surface area contributed by atoms with E-state index >= 15 is 0 Å². The molecule has 1 atom stereocenters. The zero-order valence-electron chi connectivity index (χ0n) is 16.5. The average molecular weight is 417 g/mol. The lowest BCUT2D eigenvalue weighted by Crippen LogP contribution is -2.41. The smallest absolute Gasteiger partial charge is 0.258 e. The predicted molar refractivity (Wildman–Crippen MR) is 110 cm³/mol. The number of fused-ring (bicyclic) bond motifs is 1. The number of benzene rings is 2. The van der Waals surface area contributed by atoms with E-state index in [2.05, 4.69) is 0 Å². The lowest BCUT2D eigenvalue weighted by molar-refractivity contribution is 0.0985. The molecule has 5 nitrogen and oxygen atoms in total. The summed E-state index contributed by atoms with van der Waals surface area (Å²) in [5.41, 5.74) is 1.97. The highest BCUT2D eigenvalue weighted by molar-refractivity contribution is 7.89. The van der Waals surface area contributed by atoms with Crippen LogP contribution < -0.4 is 4.90 Å². The number of sulfonamides is 1. The third-order valence-corrected chi connectivity index (χ3v) is 7.88. The van der Waals surface area contributed by atoms with Crippen LogP contribution in [0, 0.1) is 5.82 Å². The van der Waals surface area contributed by atoms with Crippen molar-refractivity contribution in [2.45, 2.75) is 50.0 Å². The maximum Gasteiger partial charge on any atom is 0.258 e. The maximum atomic E-state index is 13.5. The highest BCUT2D eigenvalue weighted by Gasteiger charge is 2.31. The number of anilines is 1. The van der Waals surface area contributed by atoms with Gasteiger partial charge in [0.15, 0.2) is 0 Å². The zero-order chi connectivity index (χ0) is 20.6. The molecule has 2 aromatic rings. The fourth-order valence-corrected chi connectivity index (χ4v) is 5.97. The van der Waals surface area contributed by atoms with E-state index in [1.165, 1.54) is 24.3 Å². The van der Waals surface area contributed by atoms with E-state index in [9.17, 15) is 17.6 Å². The van der Waals surface area contributed by atoms with Gasteiger partial charge in [-0.05, 0) is 80.6 Å². The topological polar surface area (TPSA) is 57.7 Å². The number of hydrogen-bond acceptors (Lipinski definition) is 3. The summed E-state index contributed by atoms with van der Waals surface area (Å²) in [7, 11) is -3.57. The Morgan fingerprint density at radius 3 is 2.52 bits per heavy atom. The van der Waals surface area contributed by atoms with Crippen LogP contribution in [0.3, 0.4) is 0 Å². The monoisotopic (exact) mass is 416 g/mol. The van der Waals surface area contributed by atoms with Crippen molar-refractivity contribution >= 4 is 21.6 Å². The van der Waals surface area contributed by atoms with Crippen molar-refractivity contribution in [1.29, 1.82) is 0 Å². The predicted octanol–water partition coefficient (Wildman–Crippen LogP) is 3.98. The van der Waals surface area contributed by atoms with Gasteiger partial charge < -0.3 is 4.90 Å². The van der Waals surface area contributed by atoms with Crippen molar-refractivity contribution in [3.05, 3.63) is 59.4 Å². The summed E-state index contributed by atoms with van der Waals surface area (Å²) >= 11 is 0. The Morgan fingerprint density at radius 2 is 1.79 bits per heavy atom. The SMILES string of the molecule is CC1CCCCN1S(=O)(=O)c1ccc(C(=O)N2CCCc3cc(F)ccc32)cc1. The standard InChI is InChI=1S/C22H25FN2O3S/c1-16-5-2-3-14-25(16)29(27,28)20-10-7-17(8-11-20)22(26)24-13-4-6-18-15-19(23)9-12-21(18)24/h7-12,15-16H,2-6,13-14H2,1H3. The number of amides is 1. The van der Waals surface area contributed by atoms with E-state index in [1.54, 1.807) is 27.4 Å². The second kappa shape index (κ2) is 7.88. The second-order valence-electron chi connectivity index (χ2n) is 7.82. The summed E-state index contributed by atoms with van der Waals surface area (Å²) in [6.45, 7) is 3.03. The van der Waals surface area contributed by atoms with E-state index in [0.717, 1.165) is 43.4 Å². The number of halogens is 1. The lowest BCUT2D eigenvalue weighted by Gasteiger charge is -2.32. The van der Waals surface area contributed by atoms with Gasteiger partial charge in [0, 0.05) is 30.4 Å². The molecule has 0 aromatic heterocycles. The molecule has 1 unspecified atom stereocenters. The number of hydrogen-bond donors (Lipinski definition) is 0. The van der Waals surface area contributed by atoms with Crippen molar-refractivity contribution in [2.75, 3.05) is 18.0 Å². The summed E-state index contributed by atoms with van der Waals surface area (Å²) in [6, 6.07) is 10.6. The fraction of sp³-hybridized carbons (Fsp3) is 0.409. The third kappa shape index (κ3) is 3.81. The van der Waals surface area contributed by atoms with Crippen LogP contribution in [-0.2, 0) is 16.4 Å². The molecule has 0 aliphatic carbocycles. The van der Waals surface area contributed by atoms with E-state index in [1.807, 2.05) is 6.92 Å². The highest BCUT2D eigenvalue weighted by Crippen LogP contribution is 2.30. The van der Waals surface area contributed by atoms with Gasteiger partial charge in [-0.15, -0.1) is 0 Å². The molecule has 1 amide bonds. The number of rotatable bonds is 3. The molecule has 29 heavy (non-hydrogen) atoms. The Bertz CT molecular complexity index is 1020. The largest absolute Gasteiger partial charge is 0.308 e. The van der Waals surface area contributed by atoms with Crippen LogP contribution in [-0.4, -0.2) is 37.8 Å². The normalized spacial score (nSPS) is 20.3. The average Bonchev–Trinajstić information content (AvgIpc) is 2.73. The maximum absolute atomic E-state index is 13.5. The third-order valence-electron chi connectivity index (χ3n) is 5.86. The van der Waals surface area contributed by atoms with Gasteiger partial charge in [-0.25, -0.2) is 12.8 Å². The van der Waals surface area contributed by atoms with Gasteiger partial charge in [0.05, 0.1) is 4.90 Å². The van der Waals surface area contributed by atoms with Crippen molar-refractivity contribution in [3.63, 3.8) is 0 Å². The van der Waals surface area contributed by atoms with Crippen LogP contribution in [0.15, 0.2) is 47.4 Å². The van der Waals surface area contributed by atoms with Crippen LogP contribution in [0.2, 0.25) is 0 Å². The molecule has 0 radical (unpaired) electrons. The summed E-state index contributed by atoms with van der Waals surface area (Å²) in [5.74, 6) is -0.507. The first kappa shape index (κ1) is 20.0. The Hall–Kier alpha value is -2.25. The number of nitrogens with zero attached hydrogens (tertiary/aromatic N) is 2. The molecule has 1 saturated heterocycles. The molecule has 7 heteroatoms. The van der Waals surface area contributed by atoms with Crippen LogP contribution in [0.1, 0.15) is 48.5 Å². The minimum Gasteiger partial charge on any atom is -0.308 e. The molecular formula is C22H25FN2O3S. The van der Waals surface area contributed by atoms with Gasteiger partial charge in [0.25, 0.3) is 5.91 Å². The first-order valence-electron chi connectivity index (χ1n) is 10.1. The Morgan fingerprint density at radius 1 is 1.03 bits per heavy atom. The quantitative estimate of drug-likeness (QED) is 0.760. The second-order valence-corrected chi connectivity index (χ2v) is 9.71. The molecule has 4 rings (SSSR count). The van der Waals surface area contributed by atoms with Crippen LogP contribution >= 0.6 is 0 Å². The van der Waals surface area contributed by atoms with E-state index < -0.39 is 10.0 Å². The minimum atomic E-state index is -3.57. The molecule has 2 aliphatic rings. The molecule has 2 heterocycles. The zero-order valence-corrected chi connectivity index (χ0v) is 17.3. The van der Waals surface area contributed by atoms with Gasteiger partial charge >= 0.3 is 0 Å². The van der Waals surface area contributed by atoms with Gasteiger partial charge in [-0.2, -0.15) is 4.31 Å². The van der Waals surface area contributed by atoms with Gasteiger partial charge in [0.1, 0.15) is 5.82 Å². The molecule has 2 aliphatic heterocycles. The van der Waals surface area contributed by atoms with E-state index in [-0.39, 0.29) is 22.7 Å². The van der Waals surface area contributed by atoms with Gasteiger partial charge in [-0.1, -0.05) is 6.42 Å². The van der Waals surface area contributed by atoms with Crippen molar-refractivity contribution in [1.82, 2.24) is 4.31 Å². The lowest BCUT2D eigenvalue weighted by atomic mass is 10.0. The summed E-state index contributed by atoms with van der Waals surface area (Å²) in [4.78, 5) is 14.9. The molecule has 154 valence electrons. The number of carbonyl (C=O) groups excluding carboxylic acids is 1. The van der Waals surface area contributed by atoms with Crippen LogP contribution in [0.4, 0.5) is 10.1 Å². The van der Waals surface area contributed by atoms with E-state index in [4.69, 9.17) is 0 Å². The summed E-state index contributed by atoms with van der Waals surface area (Å²) < 4.78 is 41.0. The Labute approximate surface area is 171 Å². The molecule has 0 N–H and O–H groups in total. The van der Waals surface area contributed by atoms with Crippen molar-refractivity contribution < 1.29 is 17.6 Å². The fourth-order valence-electron chi connectivity index (χ4n) is 4.27. The first-order chi connectivity index (χ1) is 13.9. The molecular weight excluding hydrogens is 391 g/mol. The summed E-state index contributed by atoms with van der Waals surface area (Å²) in [5, 5.41) is 0. The Balaban J connectivity index is 1.58. The minimum absolute atomic E-state index is 0.0136. The van der Waals surface area contributed by atoms with Gasteiger partial charge in [-0.3, -0.25) is 4.79 Å². The number of aryl methyl sites for hydroxylation is 1. The van der Waals surface area contributed by atoms with Crippen molar-refractivity contribution in [3.8, 4) is 0 Å². The van der Waals surface area contributed by atoms with Crippen molar-refractivity contribution in [2.24, 2.45) is 0 Å². The van der Waals surface area contributed by atoms with Gasteiger partial charge in [0.2, 0.25) is 10.0 Å². The van der Waals surface area contributed by atoms with E-state index in [0.29, 0.717) is 18.7 Å². The highest BCUT2D eigenvalue weighted by atomic mass is 32.2. The number of piperidine rings is 1. The molecule has 0 saturated carbocycles. The van der Waals surface area contributed by atoms with Crippen LogP contribution in [0.5, 0.6) is 0 Å². The first-order valence-corrected chi connectivity index (χ1v) is 11.5. The molecule has 0 bridgehead atoms. The molecule has 1 fully saturated rings. The molecule has 0 spiro atoms. The summed E-state index contributed by atoms with van der Waals surface area (Å²) in [6.07, 6.45) is 4.28. The van der Waals surface area contributed by atoms with Crippen LogP contribution in [0.25, 0.3) is 0 Å². The molecule has 2 aromatic carbocycles.